The summed E-state index contributed by atoms with van der Waals surface area (Å²) in [6, 6.07) is 20.8. The molecule has 0 spiro atoms. The molecule has 0 saturated carbocycles. The third-order valence-electron chi connectivity index (χ3n) is 6.55. The topological polar surface area (TPSA) is 49.5 Å². The lowest BCUT2D eigenvalue weighted by Crippen LogP contribution is -2.39. The van der Waals surface area contributed by atoms with Crippen molar-refractivity contribution in [2.45, 2.75) is 18.9 Å². The van der Waals surface area contributed by atoms with Crippen molar-refractivity contribution < 1.29 is 9.47 Å². The molecule has 4 aromatic rings. The predicted molar refractivity (Wildman–Crippen MR) is 135 cm³/mol. The van der Waals surface area contributed by atoms with Gasteiger partial charge in [0.25, 0.3) is 0 Å². The van der Waals surface area contributed by atoms with Gasteiger partial charge in [0.15, 0.2) is 11.5 Å². The fraction of sp³-hybridized carbons (Fsp3) is 0.259. The Bertz CT molecular complexity index is 1270. The normalized spacial score (nSPS) is 15.9. The molecule has 1 aliphatic heterocycles. The highest BCUT2D eigenvalue weighted by atomic mass is 35.5. The minimum absolute atomic E-state index is 0.183. The first kappa shape index (κ1) is 21.7. The van der Waals surface area contributed by atoms with E-state index in [0.717, 1.165) is 47.1 Å². The number of aromatic nitrogens is 1. The predicted octanol–water partition coefficient (Wildman–Crippen LogP) is 6.05. The Balaban J connectivity index is 1.51. The highest BCUT2D eigenvalue weighted by Crippen LogP contribution is 2.40. The first-order valence-corrected chi connectivity index (χ1v) is 11.6. The Morgan fingerprint density at radius 2 is 1.79 bits per heavy atom. The maximum atomic E-state index is 6.40. The van der Waals surface area contributed by atoms with E-state index in [1.54, 1.807) is 14.2 Å². The smallest absolute Gasteiger partial charge is 0.161 e. The molecule has 33 heavy (non-hydrogen) atoms. The molecule has 0 fully saturated rings. The van der Waals surface area contributed by atoms with Gasteiger partial charge in [-0.2, -0.15) is 0 Å². The molecule has 1 atom stereocenters. The molecule has 0 bridgehead atoms. The van der Waals surface area contributed by atoms with E-state index in [9.17, 15) is 0 Å². The number of para-hydroxylation sites is 2. The Labute approximate surface area is 199 Å². The molecule has 6 heteroatoms. The van der Waals surface area contributed by atoms with Crippen molar-refractivity contribution in [3.05, 3.63) is 88.6 Å². The third kappa shape index (κ3) is 4.26. The second-order valence-electron chi connectivity index (χ2n) is 8.36. The molecule has 0 amide bonds. The van der Waals surface area contributed by atoms with E-state index in [2.05, 4.69) is 57.8 Å². The summed E-state index contributed by atoms with van der Waals surface area (Å²) in [4.78, 5) is 5.91. The highest BCUT2D eigenvalue weighted by molar-refractivity contribution is 6.33. The quantitative estimate of drug-likeness (QED) is 0.351. The number of benzene rings is 3. The minimum Gasteiger partial charge on any atom is -0.493 e. The number of nitrogens with zero attached hydrogens (tertiary/aromatic N) is 1. The number of aromatic amines is 1. The van der Waals surface area contributed by atoms with Crippen LogP contribution in [0.3, 0.4) is 0 Å². The zero-order valence-electron chi connectivity index (χ0n) is 18.9. The van der Waals surface area contributed by atoms with Crippen LogP contribution in [0.25, 0.3) is 10.9 Å². The van der Waals surface area contributed by atoms with Gasteiger partial charge in [-0.15, -0.1) is 0 Å². The van der Waals surface area contributed by atoms with Gasteiger partial charge >= 0.3 is 0 Å². The molecule has 170 valence electrons. The number of nitrogens with one attached hydrogen (secondary N) is 2. The summed E-state index contributed by atoms with van der Waals surface area (Å²) >= 11 is 6.40. The number of anilines is 1. The van der Waals surface area contributed by atoms with Gasteiger partial charge in [0.05, 0.1) is 31.6 Å². The number of fused-ring (bicyclic) bond motifs is 2. The molecule has 3 aromatic carbocycles. The van der Waals surface area contributed by atoms with Crippen LogP contribution >= 0.6 is 11.6 Å². The summed E-state index contributed by atoms with van der Waals surface area (Å²) in [5, 5.41) is 5.54. The number of H-pyrrole nitrogens is 1. The molecule has 1 aromatic heterocycles. The summed E-state index contributed by atoms with van der Waals surface area (Å²) in [6.45, 7) is 1.64. The van der Waals surface area contributed by atoms with Crippen LogP contribution in [0.4, 0.5) is 5.69 Å². The molecule has 5 rings (SSSR count). The first-order valence-electron chi connectivity index (χ1n) is 11.2. The maximum absolute atomic E-state index is 6.40. The molecular weight excluding hydrogens is 434 g/mol. The summed E-state index contributed by atoms with van der Waals surface area (Å²) in [5.74, 6) is 1.55. The van der Waals surface area contributed by atoms with E-state index in [0.29, 0.717) is 6.67 Å². The maximum Gasteiger partial charge on any atom is 0.161 e. The van der Waals surface area contributed by atoms with Gasteiger partial charge < -0.3 is 19.8 Å². The van der Waals surface area contributed by atoms with Crippen molar-refractivity contribution in [3.63, 3.8) is 0 Å². The number of rotatable bonds is 7. The van der Waals surface area contributed by atoms with Crippen LogP contribution in [0.2, 0.25) is 5.02 Å². The zero-order chi connectivity index (χ0) is 22.8. The van der Waals surface area contributed by atoms with Crippen LogP contribution in [0, 0.1) is 0 Å². The second-order valence-corrected chi connectivity index (χ2v) is 8.77. The Morgan fingerprint density at radius 1 is 1.03 bits per heavy atom. The van der Waals surface area contributed by atoms with Crippen LogP contribution in [0.5, 0.6) is 11.5 Å². The standard InChI is InChI=1S/C27H28ClN3O2/c1-32-26-14-18-11-12-31(17-30-24-10-6-4-8-22(24)28)25(21(18)15-27(26)33-2)13-19-16-29-23-9-5-3-7-20(19)23/h3-10,14-16,25,29-30H,11-13,17H2,1-2H3/t25-/m0/s1. The summed E-state index contributed by atoms with van der Waals surface area (Å²) < 4.78 is 11.2. The molecule has 2 N–H and O–H groups in total. The molecule has 0 radical (unpaired) electrons. The second kappa shape index (κ2) is 9.38. The van der Waals surface area contributed by atoms with Gasteiger partial charge in [0, 0.05) is 29.7 Å². The zero-order valence-corrected chi connectivity index (χ0v) is 19.7. The van der Waals surface area contributed by atoms with Crippen LogP contribution in [0.1, 0.15) is 22.7 Å². The number of hydrogen-bond acceptors (Lipinski definition) is 4. The summed E-state index contributed by atoms with van der Waals surface area (Å²) in [5.41, 5.74) is 6.01. The molecule has 0 aliphatic carbocycles. The van der Waals surface area contributed by atoms with Gasteiger partial charge in [0.1, 0.15) is 0 Å². The Hall–Kier alpha value is -3.15. The van der Waals surface area contributed by atoms with E-state index in [4.69, 9.17) is 21.1 Å². The average molecular weight is 462 g/mol. The van der Waals surface area contributed by atoms with Crippen molar-refractivity contribution in [2.75, 3.05) is 32.7 Å². The molecule has 5 nitrogen and oxygen atoms in total. The van der Waals surface area contributed by atoms with Gasteiger partial charge in [-0.05, 0) is 59.9 Å². The Kier molecular flexibility index (Phi) is 6.16. The fourth-order valence-corrected chi connectivity index (χ4v) is 5.01. The van der Waals surface area contributed by atoms with E-state index < -0.39 is 0 Å². The monoisotopic (exact) mass is 461 g/mol. The van der Waals surface area contributed by atoms with Gasteiger partial charge in [0.2, 0.25) is 0 Å². The van der Waals surface area contributed by atoms with Crippen LogP contribution in [0.15, 0.2) is 66.9 Å². The SMILES string of the molecule is COc1cc2c(cc1OC)[C@H](Cc1c[nH]c3ccccc13)N(CNc1ccccc1Cl)CC2. The van der Waals surface area contributed by atoms with E-state index in [1.165, 1.54) is 22.1 Å². The van der Waals surface area contributed by atoms with E-state index >= 15 is 0 Å². The van der Waals surface area contributed by atoms with Crippen molar-refractivity contribution >= 4 is 28.2 Å². The van der Waals surface area contributed by atoms with Gasteiger partial charge in [-0.3, -0.25) is 4.90 Å². The lowest BCUT2D eigenvalue weighted by molar-refractivity contribution is 0.196. The van der Waals surface area contributed by atoms with Crippen molar-refractivity contribution in [2.24, 2.45) is 0 Å². The highest BCUT2D eigenvalue weighted by Gasteiger charge is 2.30. The number of ether oxygens (including phenoxy) is 2. The largest absolute Gasteiger partial charge is 0.493 e. The summed E-state index contributed by atoms with van der Waals surface area (Å²) in [7, 11) is 3.38. The third-order valence-corrected chi connectivity index (χ3v) is 6.88. The number of hydrogen-bond donors (Lipinski definition) is 2. The molecular formula is C27H28ClN3O2. The molecule has 2 heterocycles. The van der Waals surface area contributed by atoms with Gasteiger partial charge in [-0.25, -0.2) is 0 Å². The first-order chi connectivity index (χ1) is 16.2. The van der Waals surface area contributed by atoms with Crippen molar-refractivity contribution in [1.82, 2.24) is 9.88 Å². The Morgan fingerprint density at radius 3 is 2.61 bits per heavy atom. The van der Waals surface area contributed by atoms with E-state index in [1.807, 2.05) is 24.3 Å². The fourth-order valence-electron chi connectivity index (χ4n) is 4.81. The molecule has 1 aliphatic rings. The molecule has 0 saturated heterocycles. The number of halogens is 1. The van der Waals surface area contributed by atoms with Crippen LogP contribution < -0.4 is 14.8 Å². The molecule has 0 unspecified atom stereocenters. The lowest BCUT2D eigenvalue weighted by Gasteiger charge is -2.38. The van der Waals surface area contributed by atoms with Crippen LogP contribution in [-0.2, 0) is 12.8 Å². The number of methoxy groups -OCH3 is 2. The average Bonchev–Trinajstić information content (AvgIpc) is 3.26. The summed E-state index contributed by atoms with van der Waals surface area (Å²) in [6.07, 6.45) is 3.97. The lowest BCUT2D eigenvalue weighted by atomic mass is 9.88. The van der Waals surface area contributed by atoms with E-state index in [-0.39, 0.29) is 6.04 Å². The minimum atomic E-state index is 0.183. The van der Waals surface area contributed by atoms with Crippen molar-refractivity contribution in [1.29, 1.82) is 0 Å². The van der Waals surface area contributed by atoms with Crippen molar-refractivity contribution in [3.8, 4) is 11.5 Å². The van der Waals surface area contributed by atoms with Gasteiger partial charge in [-0.1, -0.05) is 41.9 Å². The van der Waals surface area contributed by atoms with Crippen LogP contribution in [-0.4, -0.2) is 37.3 Å².